The van der Waals surface area contributed by atoms with E-state index in [0.717, 1.165) is 16.9 Å². The predicted octanol–water partition coefficient (Wildman–Crippen LogP) is 1.85. The van der Waals surface area contributed by atoms with Crippen molar-refractivity contribution >= 4 is 28.6 Å². The molecule has 3 heterocycles. The minimum Gasteiger partial charge on any atom is -0.463 e. The van der Waals surface area contributed by atoms with Crippen LogP contribution >= 0.6 is 0 Å². The molecule has 0 spiro atoms. The van der Waals surface area contributed by atoms with E-state index < -0.39 is 28.3 Å². The zero-order valence-electron chi connectivity index (χ0n) is 15.6. The molecule has 0 saturated heterocycles. The molecular weight excluding hydrogens is 381 g/mol. The van der Waals surface area contributed by atoms with Crippen LogP contribution in [0.4, 0.5) is 10.2 Å². The molecule has 1 aromatic carbocycles. The molecular formula is C20H16FN3O5. The van der Waals surface area contributed by atoms with E-state index in [1.54, 1.807) is 0 Å². The van der Waals surface area contributed by atoms with E-state index >= 15 is 0 Å². The molecule has 0 atom stereocenters. The van der Waals surface area contributed by atoms with Crippen molar-refractivity contribution in [1.29, 1.82) is 0 Å². The fourth-order valence-corrected chi connectivity index (χ4v) is 3.33. The maximum Gasteiger partial charge on any atom is 0.332 e. The van der Waals surface area contributed by atoms with E-state index in [-0.39, 0.29) is 33.6 Å². The van der Waals surface area contributed by atoms with Crippen molar-refractivity contribution < 1.29 is 13.6 Å². The number of hydrogen-bond acceptors (Lipinski definition) is 6. The average Bonchev–Trinajstić information content (AvgIpc) is 3.02. The van der Waals surface area contributed by atoms with Crippen molar-refractivity contribution in [2.45, 2.75) is 19.9 Å². The van der Waals surface area contributed by atoms with Crippen molar-refractivity contribution in [2.24, 2.45) is 7.05 Å². The van der Waals surface area contributed by atoms with E-state index in [1.807, 2.05) is 6.92 Å². The summed E-state index contributed by atoms with van der Waals surface area (Å²) in [6.07, 6.45) is 3.00. The molecule has 0 saturated carbocycles. The van der Waals surface area contributed by atoms with Crippen LogP contribution in [0.25, 0.3) is 17.0 Å². The van der Waals surface area contributed by atoms with E-state index in [9.17, 15) is 23.6 Å². The van der Waals surface area contributed by atoms with Crippen molar-refractivity contribution in [3.8, 4) is 0 Å². The molecule has 0 aliphatic carbocycles. The summed E-state index contributed by atoms with van der Waals surface area (Å²) in [5.41, 5.74) is -1.78. The summed E-state index contributed by atoms with van der Waals surface area (Å²) in [4.78, 5) is 50.3. The standard InChI is InChI=1S/C20H16FN3O5/c1-3-6-24-18-15(19(27)23(2)20(24)28)17(26)13(22-18)7-10-9-29-14-5-4-11(21)8-12(14)16(10)25/h4-5,7-9,22H,3,6H2,1-2H3. The Morgan fingerprint density at radius 1 is 1.21 bits per heavy atom. The first-order valence-corrected chi connectivity index (χ1v) is 8.91. The Morgan fingerprint density at radius 2 is 1.97 bits per heavy atom. The second-order valence-electron chi connectivity index (χ2n) is 6.69. The van der Waals surface area contributed by atoms with Gasteiger partial charge in [0.15, 0.2) is 5.43 Å². The van der Waals surface area contributed by atoms with Crippen molar-refractivity contribution in [3.63, 3.8) is 0 Å². The van der Waals surface area contributed by atoms with Crippen molar-refractivity contribution in [3.05, 3.63) is 78.2 Å². The molecule has 0 fully saturated rings. The summed E-state index contributed by atoms with van der Waals surface area (Å²) in [5.74, 6) is -1.12. The summed E-state index contributed by atoms with van der Waals surface area (Å²) in [7, 11) is 1.30. The Balaban J connectivity index is 1.89. The van der Waals surface area contributed by atoms with Crippen molar-refractivity contribution in [2.75, 3.05) is 5.32 Å². The van der Waals surface area contributed by atoms with Crippen LogP contribution in [0.5, 0.6) is 0 Å². The lowest BCUT2D eigenvalue weighted by atomic mass is 10.1. The molecule has 9 heteroatoms. The van der Waals surface area contributed by atoms with Crippen LogP contribution in [0.3, 0.4) is 0 Å². The largest absolute Gasteiger partial charge is 0.463 e. The van der Waals surface area contributed by atoms with Gasteiger partial charge in [0, 0.05) is 13.6 Å². The third-order valence-corrected chi connectivity index (χ3v) is 4.78. The molecule has 4 rings (SSSR count). The highest BCUT2D eigenvalue weighted by atomic mass is 19.1. The van der Waals surface area contributed by atoms with Gasteiger partial charge in [0.2, 0.25) is 5.78 Å². The molecule has 0 radical (unpaired) electrons. The topological polar surface area (TPSA) is 103 Å². The minimum atomic E-state index is -0.717. The Labute approximate surface area is 162 Å². The van der Waals surface area contributed by atoms with Gasteiger partial charge in [-0.15, -0.1) is 0 Å². The molecule has 2 aromatic heterocycles. The highest BCUT2D eigenvalue weighted by Gasteiger charge is 2.32. The van der Waals surface area contributed by atoms with Gasteiger partial charge in [-0.3, -0.25) is 23.5 Å². The van der Waals surface area contributed by atoms with Crippen LogP contribution in [0.1, 0.15) is 29.3 Å². The first-order chi connectivity index (χ1) is 13.8. The summed E-state index contributed by atoms with van der Waals surface area (Å²) >= 11 is 0. The van der Waals surface area contributed by atoms with Gasteiger partial charge in [0.1, 0.15) is 29.0 Å². The number of hydrogen-bond donors (Lipinski definition) is 1. The van der Waals surface area contributed by atoms with Crippen LogP contribution in [0.15, 0.2) is 49.0 Å². The molecule has 1 aliphatic heterocycles. The summed E-state index contributed by atoms with van der Waals surface area (Å²) in [5, 5.41) is 2.82. The van der Waals surface area contributed by atoms with E-state index in [0.29, 0.717) is 13.0 Å². The normalized spacial score (nSPS) is 14.4. The molecule has 0 bridgehead atoms. The van der Waals surface area contributed by atoms with E-state index in [1.165, 1.54) is 29.8 Å². The smallest absolute Gasteiger partial charge is 0.332 e. The number of nitrogens with zero attached hydrogens (tertiary/aromatic N) is 2. The fraction of sp³-hybridized carbons (Fsp3) is 0.200. The van der Waals surface area contributed by atoms with Crippen molar-refractivity contribution in [1.82, 2.24) is 9.13 Å². The average molecular weight is 397 g/mol. The number of carbonyl (C=O) groups is 1. The number of halogens is 1. The van der Waals surface area contributed by atoms with Crippen LogP contribution in [0.2, 0.25) is 0 Å². The minimum absolute atomic E-state index is 0.00738. The zero-order chi connectivity index (χ0) is 20.9. The maximum atomic E-state index is 13.5. The number of rotatable bonds is 3. The SMILES string of the molecule is CCCn1c2c(c(=O)n(C)c1=O)C(=O)C(=Cc1coc3ccc(F)cc3c1=O)N2. The second-order valence-corrected chi connectivity index (χ2v) is 6.69. The second kappa shape index (κ2) is 6.69. The zero-order valence-corrected chi connectivity index (χ0v) is 15.6. The lowest BCUT2D eigenvalue weighted by Gasteiger charge is -2.11. The van der Waals surface area contributed by atoms with Crippen LogP contribution in [-0.4, -0.2) is 14.9 Å². The Kier molecular flexibility index (Phi) is 4.30. The number of allylic oxidation sites excluding steroid dienone is 1. The van der Waals surface area contributed by atoms with Gasteiger partial charge in [-0.05, 0) is 30.7 Å². The molecule has 0 unspecified atom stereocenters. The van der Waals surface area contributed by atoms with Gasteiger partial charge in [0.25, 0.3) is 5.56 Å². The first kappa shape index (κ1) is 18.6. The van der Waals surface area contributed by atoms with Gasteiger partial charge in [-0.25, -0.2) is 9.18 Å². The van der Waals surface area contributed by atoms with Gasteiger partial charge in [0.05, 0.1) is 16.6 Å². The molecule has 8 nitrogen and oxygen atoms in total. The first-order valence-electron chi connectivity index (χ1n) is 8.91. The Bertz CT molecular complexity index is 1390. The summed E-state index contributed by atoms with van der Waals surface area (Å²) < 4.78 is 21.0. The quantitative estimate of drug-likeness (QED) is 0.677. The van der Waals surface area contributed by atoms with Gasteiger partial charge >= 0.3 is 5.69 Å². The number of carbonyl (C=O) groups excluding carboxylic acids is 1. The Hall–Kier alpha value is -3.75. The highest BCUT2D eigenvalue weighted by Crippen LogP contribution is 2.26. The molecule has 0 amide bonds. The highest BCUT2D eigenvalue weighted by molar-refractivity contribution is 6.19. The van der Waals surface area contributed by atoms with E-state index in [4.69, 9.17) is 4.42 Å². The number of fused-ring (bicyclic) bond motifs is 2. The van der Waals surface area contributed by atoms with Crippen LogP contribution < -0.4 is 22.0 Å². The number of ketones is 1. The lowest BCUT2D eigenvalue weighted by Crippen LogP contribution is -2.40. The van der Waals surface area contributed by atoms with Gasteiger partial charge in [-0.1, -0.05) is 6.92 Å². The molecule has 3 aromatic rings. The number of benzene rings is 1. The number of Topliss-reactive ketones (excluding diaryl/α,β-unsaturated/α-hetero) is 1. The third-order valence-electron chi connectivity index (χ3n) is 4.78. The number of nitrogens with one attached hydrogen (secondary N) is 1. The van der Waals surface area contributed by atoms with Gasteiger partial charge < -0.3 is 9.73 Å². The molecule has 29 heavy (non-hydrogen) atoms. The number of aromatic nitrogens is 2. The third kappa shape index (κ3) is 2.82. The molecule has 1 aliphatic rings. The summed E-state index contributed by atoms with van der Waals surface area (Å²) in [6, 6.07) is 3.56. The lowest BCUT2D eigenvalue weighted by molar-refractivity contribution is 0.104. The Morgan fingerprint density at radius 3 is 2.69 bits per heavy atom. The van der Waals surface area contributed by atoms with Crippen LogP contribution in [0, 0.1) is 5.82 Å². The summed E-state index contributed by atoms with van der Waals surface area (Å²) in [6.45, 7) is 2.16. The maximum absolute atomic E-state index is 13.5. The number of anilines is 1. The predicted molar refractivity (Wildman–Crippen MR) is 105 cm³/mol. The van der Waals surface area contributed by atoms with Crippen LogP contribution in [-0.2, 0) is 13.6 Å². The molecule has 1 N–H and O–H groups in total. The fourth-order valence-electron chi connectivity index (χ4n) is 3.33. The molecule has 148 valence electrons. The van der Waals surface area contributed by atoms with E-state index in [2.05, 4.69) is 5.32 Å². The van der Waals surface area contributed by atoms with Gasteiger partial charge in [-0.2, -0.15) is 0 Å². The monoisotopic (exact) mass is 397 g/mol.